The van der Waals surface area contributed by atoms with Crippen molar-refractivity contribution in [3.05, 3.63) is 53.4 Å². The topological polar surface area (TPSA) is 59.0 Å². The maximum atomic E-state index is 14.1. The molecule has 1 amide bonds. The SMILES string of the molecule is O=C(NCC1(c2ccc(F)cc2F)CC1)c1ccn(C2CCCNC2)n1. The van der Waals surface area contributed by atoms with Crippen LogP contribution in [0.4, 0.5) is 8.78 Å². The van der Waals surface area contributed by atoms with Crippen LogP contribution in [0.2, 0.25) is 0 Å². The molecular weight excluding hydrogens is 338 g/mol. The van der Waals surface area contributed by atoms with Crippen LogP contribution in [0.15, 0.2) is 30.5 Å². The van der Waals surface area contributed by atoms with E-state index in [2.05, 4.69) is 15.7 Å². The van der Waals surface area contributed by atoms with Crippen LogP contribution in [0.5, 0.6) is 0 Å². The molecule has 4 rings (SSSR count). The second-order valence-corrected chi connectivity index (χ2v) is 7.27. The number of hydrogen-bond acceptors (Lipinski definition) is 3. The molecule has 0 spiro atoms. The lowest BCUT2D eigenvalue weighted by molar-refractivity contribution is 0.0943. The van der Waals surface area contributed by atoms with Gasteiger partial charge in [-0.25, -0.2) is 8.78 Å². The fourth-order valence-electron chi connectivity index (χ4n) is 3.67. The summed E-state index contributed by atoms with van der Waals surface area (Å²) in [7, 11) is 0. The number of nitrogens with one attached hydrogen (secondary N) is 2. The van der Waals surface area contributed by atoms with E-state index in [1.165, 1.54) is 12.1 Å². The zero-order chi connectivity index (χ0) is 18.1. The highest BCUT2D eigenvalue weighted by Gasteiger charge is 2.46. The van der Waals surface area contributed by atoms with Crippen LogP contribution in [-0.4, -0.2) is 35.3 Å². The van der Waals surface area contributed by atoms with Gasteiger partial charge in [0.25, 0.3) is 5.91 Å². The largest absolute Gasteiger partial charge is 0.350 e. The number of halogens is 2. The molecule has 0 radical (unpaired) electrons. The summed E-state index contributed by atoms with van der Waals surface area (Å²) in [6.07, 6.45) is 5.52. The maximum absolute atomic E-state index is 14.1. The second-order valence-electron chi connectivity index (χ2n) is 7.27. The van der Waals surface area contributed by atoms with Crippen molar-refractivity contribution in [1.82, 2.24) is 20.4 Å². The Labute approximate surface area is 150 Å². The van der Waals surface area contributed by atoms with Gasteiger partial charge in [0.2, 0.25) is 0 Å². The number of amides is 1. The highest BCUT2D eigenvalue weighted by Crippen LogP contribution is 2.48. The Morgan fingerprint density at radius 2 is 2.19 bits per heavy atom. The third-order valence-electron chi connectivity index (χ3n) is 5.43. The van der Waals surface area contributed by atoms with E-state index in [4.69, 9.17) is 0 Å². The first kappa shape index (κ1) is 17.1. The standard InChI is InChI=1S/C19H22F2N4O/c20-13-3-4-15(16(21)10-13)19(6-7-19)12-23-18(26)17-5-9-25(24-17)14-2-1-8-22-11-14/h3-5,9-10,14,22H,1-2,6-8,11-12H2,(H,23,26). The molecule has 1 atom stereocenters. The molecule has 0 bridgehead atoms. The molecular formula is C19H22F2N4O. The minimum Gasteiger partial charge on any atom is -0.350 e. The summed E-state index contributed by atoms with van der Waals surface area (Å²) in [6.45, 7) is 2.20. The molecule has 1 unspecified atom stereocenters. The van der Waals surface area contributed by atoms with Crippen molar-refractivity contribution < 1.29 is 13.6 Å². The van der Waals surface area contributed by atoms with Gasteiger partial charge in [0.15, 0.2) is 0 Å². The third-order valence-corrected chi connectivity index (χ3v) is 5.43. The summed E-state index contributed by atoms with van der Waals surface area (Å²) < 4.78 is 29.0. The number of carbonyl (C=O) groups excluding carboxylic acids is 1. The van der Waals surface area contributed by atoms with Gasteiger partial charge in [-0.05, 0) is 49.9 Å². The van der Waals surface area contributed by atoms with E-state index >= 15 is 0 Å². The van der Waals surface area contributed by atoms with Crippen LogP contribution in [0.3, 0.4) is 0 Å². The molecule has 1 saturated heterocycles. The molecule has 2 fully saturated rings. The van der Waals surface area contributed by atoms with Gasteiger partial charge >= 0.3 is 0 Å². The molecule has 2 aromatic rings. The molecule has 1 saturated carbocycles. The van der Waals surface area contributed by atoms with Crippen molar-refractivity contribution in [3.63, 3.8) is 0 Å². The fourth-order valence-corrected chi connectivity index (χ4v) is 3.67. The quantitative estimate of drug-likeness (QED) is 0.862. The first-order valence-corrected chi connectivity index (χ1v) is 9.07. The fraction of sp³-hybridized carbons (Fsp3) is 0.474. The van der Waals surface area contributed by atoms with E-state index in [1.807, 2.05) is 10.9 Å². The van der Waals surface area contributed by atoms with Crippen molar-refractivity contribution >= 4 is 5.91 Å². The van der Waals surface area contributed by atoms with Gasteiger partial charge in [0.05, 0.1) is 6.04 Å². The highest BCUT2D eigenvalue weighted by atomic mass is 19.1. The third kappa shape index (κ3) is 3.35. The Morgan fingerprint density at radius 1 is 1.35 bits per heavy atom. The average Bonchev–Trinajstić information content (AvgIpc) is 3.26. The lowest BCUT2D eigenvalue weighted by atomic mass is 9.95. The van der Waals surface area contributed by atoms with Crippen molar-refractivity contribution in [2.24, 2.45) is 0 Å². The average molecular weight is 360 g/mol. The normalized spacial score (nSPS) is 21.4. The van der Waals surface area contributed by atoms with Crippen molar-refractivity contribution in [2.75, 3.05) is 19.6 Å². The molecule has 5 nitrogen and oxygen atoms in total. The summed E-state index contributed by atoms with van der Waals surface area (Å²) in [5.74, 6) is -1.40. The van der Waals surface area contributed by atoms with E-state index < -0.39 is 17.0 Å². The number of nitrogens with zero attached hydrogens (tertiary/aromatic N) is 2. The number of benzene rings is 1. The highest BCUT2D eigenvalue weighted by molar-refractivity contribution is 5.92. The zero-order valence-corrected chi connectivity index (χ0v) is 14.5. The van der Waals surface area contributed by atoms with Crippen LogP contribution in [0.25, 0.3) is 0 Å². The molecule has 1 aliphatic carbocycles. The molecule has 1 aromatic carbocycles. The Morgan fingerprint density at radius 3 is 2.88 bits per heavy atom. The Bertz CT molecular complexity index is 810. The molecule has 26 heavy (non-hydrogen) atoms. The molecule has 2 N–H and O–H groups in total. The lowest BCUT2D eigenvalue weighted by Gasteiger charge is -2.22. The number of carbonyl (C=O) groups is 1. The smallest absolute Gasteiger partial charge is 0.271 e. The number of hydrogen-bond donors (Lipinski definition) is 2. The van der Waals surface area contributed by atoms with Crippen LogP contribution in [-0.2, 0) is 5.41 Å². The van der Waals surface area contributed by atoms with Gasteiger partial charge in [0, 0.05) is 30.8 Å². The monoisotopic (exact) mass is 360 g/mol. The van der Waals surface area contributed by atoms with Crippen molar-refractivity contribution in [1.29, 1.82) is 0 Å². The van der Waals surface area contributed by atoms with Gasteiger partial charge in [0.1, 0.15) is 17.3 Å². The predicted octanol–water partition coefficient (Wildman–Crippen LogP) is 2.55. The number of rotatable bonds is 5. The Hall–Kier alpha value is -2.28. The zero-order valence-electron chi connectivity index (χ0n) is 14.5. The summed E-state index contributed by atoms with van der Waals surface area (Å²) in [5.41, 5.74) is 0.410. The van der Waals surface area contributed by atoms with Crippen LogP contribution in [0.1, 0.15) is 47.8 Å². The first-order valence-electron chi connectivity index (χ1n) is 9.07. The van der Waals surface area contributed by atoms with E-state index in [0.717, 1.165) is 44.8 Å². The van der Waals surface area contributed by atoms with Crippen molar-refractivity contribution in [2.45, 2.75) is 37.1 Å². The van der Waals surface area contributed by atoms with Crippen LogP contribution >= 0.6 is 0 Å². The van der Waals surface area contributed by atoms with Gasteiger partial charge < -0.3 is 10.6 Å². The van der Waals surface area contributed by atoms with Crippen LogP contribution in [0, 0.1) is 11.6 Å². The number of aromatic nitrogens is 2. The molecule has 2 aliphatic rings. The Kier molecular flexibility index (Phi) is 4.48. The predicted molar refractivity (Wildman–Crippen MR) is 93.0 cm³/mol. The summed E-state index contributed by atoms with van der Waals surface area (Å²) >= 11 is 0. The van der Waals surface area contributed by atoms with Gasteiger partial charge in [-0.15, -0.1) is 0 Å². The summed E-state index contributed by atoms with van der Waals surface area (Å²) in [4.78, 5) is 12.4. The minimum absolute atomic E-state index is 0.263. The molecule has 7 heteroatoms. The van der Waals surface area contributed by atoms with E-state index in [9.17, 15) is 13.6 Å². The van der Waals surface area contributed by atoms with Gasteiger partial charge in [-0.3, -0.25) is 9.48 Å². The summed E-state index contributed by atoms with van der Waals surface area (Å²) in [6, 6.07) is 5.63. The molecule has 138 valence electrons. The molecule has 2 heterocycles. The van der Waals surface area contributed by atoms with E-state index in [1.54, 1.807) is 6.07 Å². The van der Waals surface area contributed by atoms with Gasteiger partial charge in [-0.1, -0.05) is 6.07 Å². The van der Waals surface area contributed by atoms with E-state index in [0.29, 0.717) is 17.8 Å². The Balaban J connectivity index is 1.40. The van der Waals surface area contributed by atoms with E-state index in [-0.39, 0.29) is 11.9 Å². The lowest BCUT2D eigenvalue weighted by Crippen LogP contribution is -2.34. The van der Waals surface area contributed by atoms with Gasteiger partial charge in [-0.2, -0.15) is 5.10 Å². The molecule has 1 aliphatic heterocycles. The summed E-state index contributed by atoms with van der Waals surface area (Å²) in [5, 5.41) is 10.6. The minimum atomic E-state index is -0.589. The first-order chi connectivity index (χ1) is 12.6. The van der Waals surface area contributed by atoms with Crippen LogP contribution < -0.4 is 10.6 Å². The van der Waals surface area contributed by atoms with Crippen molar-refractivity contribution in [3.8, 4) is 0 Å². The number of piperidine rings is 1. The second kappa shape index (κ2) is 6.79. The molecule has 1 aromatic heterocycles. The maximum Gasteiger partial charge on any atom is 0.271 e.